The fourth-order valence-corrected chi connectivity index (χ4v) is 4.62. The number of hydrogen-bond acceptors (Lipinski definition) is 4. The van der Waals surface area contributed by atoms with Crippen LogP contribution < -0.4 is 14.4 Å². The molecule has 0 aromatic heterocycles. The van der Waals surface area contributed by atoms with Gasteiger partial charge in [-0.05, 0) is 68.5 Å². The molecule has 0 saturated heterocycles. The average Bonchev–Trinajstić information content (AvgIpc) is 2.67. The minimum Gasteiger partial charge on any atom is -0.495 e. The van der Waals surface area contributed by atoms with E-state index >= 15 is 0 Å². The van der Waals surface area contributed by atoms with E-state index in [2.05, 4.69) is 11.4 Å². The molecule has 0 bridgehead atoms. The van der Waals surface area contributed by atoms with E-state index in [1.54, 1.807) is 19.1 Å². The summed E-state index contributed by atoms with van der Waals surface area (Å²) in [6.45, 7) is 9.51. The first-order chi connectivity index (χ1) is 14.0. The molecule has 0 heterocycles. The molecular weight excluding hydrogens is 400 g/mol. The Bertz CT molecular complexity index is 1020. The molecule has 164 valence electrons. The molecule has 2 aromatic rings. The van der Waals surface area contributed by atoms with E-state index in [4.69, 9.17) is 4.74 Å². The number of nitrogens with zero attached hydrogens (tertiary/aromatic N) is 1. The summed E-state index contributed by atoms with van der Waals surface area (Å²) in [4.78, 5) is 13.1. The fourth-order valence-electron chi connectivity index (χ4n) is 3.45. The molecule has 30 heavy (non-hydrogen) atoms. The minimum atomic E-state index is -3.74. The van der Waals surface area contributed by atoms with Crippen LogP contribution in [0.15, 0.2) is 36.4 Å². The quantitative estimate of drug-likeness (QED) is 0.683. The number of rotatable bonds is 8. The molecule has 0 fully saturated rings. The number of hydrogen-bond donors (Lipinski definition) is 1. The van der Waals surface area contributed by atoms with Gasteiger partial charge in [0.2, 0.25) is 15.9 Å². The molecule has 2 atom stereocenters. The fraction of sp³-hybridized carbons (Fsp3) is 0.435. The minimum absolute atomic E-state index is 0.208. The van der Waals surface area contributed by atoms with Crippen LogP contribution in [0.5, 0.6) is 5.75 Å². The number of carbonyl (C=O) groups excluding carboxylic acids is 1. The lowest BCUT2D eigenvalue weighted by molar-refractivity contribution is -0.122. The highest BCUT2D eigenvalue weighted by molar-refractivity contribution is 7.92. The Morgan fingerprint density at radius 2 is 1.77 bits per heavy atom. The van der Waals surface area contributed by atoms with Gasteiger partial charge in [-0.15, -0.1) is 0 Å². The summed E-state index contributed by atoms with van der Waals surface area (Å²) in [5, 5.41) is 3.02. The molecule has 2 rings (SSSR count). The lowest BCUT2D eigenvalue weighted by atomic mass is 9.99. The second kappa shape index (κ2) is 9.51. The van der Waals surface area contributed by atoms with Crippen LogP contribution in [0.25, 0.3) is 0 Å². The lowest BCUT2D eigenvalue weighted by Gasteiger charge is -2.31. The number of amides is 1. The number of carbonyl (C=O) groups is 1. The van der Waals surface area contributed by atoms with Crippen molar-refractivity contribution < 1.29 is 17.9 Å². The van der Waals surface area contributed by atoms with Crippen molar-refractivity contribution in [1.82, 2.24) is 5.32 Å². The van der Waals surface area contributed by atoms with Gasteiger partial charge in [0.05, 0.1) is 25.1 Å². The van der Waals surface area contributed by atoms with Crippen LogP contribution in [0, 0.1) is 20.8 Å². The van der Waals surface area contributed by atoms with Crippen molar-refractivity contribution in [1.29, 1.82) is 0 Å². The van der Waals surface area contributed by atoms with Gasteiger partial charge in [0, 0.05) is 0 Å². The summed E-state index contributed by atoms with van der Waals surface area (Å²) in [7, 11) is -2.26. The molecule has 1 N–H and O–H groups in total. The van der Waals surface area contributed by atoms with Crippen LogP contribution >= 0.6 is 0 Å². The third-order valence-corrected chi connectivity index (χ3v) is 6.55. The van der Waals surface area contributed by atoms with Crippen molar-refractivity contribution in [3.8, 4) is 5.75 Å². The van der Waals surface area contributed by atoms with Crippen LogP contribution in [-0.4, -0.2) is 33.7 Å². The predicted octanol–water partition coefficient (Wildman–Crippen LogP) is 4.04. The van der Waals surface area contributed by atoms with Gasteiger partial charge in [-0.2, -0.15) is 0 Å². The Balaban J connectivity index is 2.38. The van der Waals surface area contributed by atoms with Crippen LogP contribution in [0.4, 0.5) is 5.69 Å². The first-order valence-electron chi connectivity index (χ1n) is 10.0. The first-order valence-corrected chi connectivity index (χ1v) is 11.9. The molecule has 0 spiro atoms. The zero-order valence-electron chi connectivity index (χ0n) is 18.8. The second-order valence-corrected chi connectivity index (χ2v) is 9.58. The molecule has 2 aromatic carbocycles. The molecule has 0 aliphatic rings. The summed E-state index contributed by atoms with van der Waals surface area (Å²) in [6, 6.07) is 10.2. The highest BCUT2D eigenvalue weighted by Crippen LogP contribution is 2.33. The van der Waals surface area contributed by atoms with Crippen molar-refractivity contribution >= 4 is 21.6 Å². The maximum atomic E-state index is 13.1. The van der Waals surface area contributed by atoms with Gasteiger partial charge in [0.15, 0.2) is 0 Å². The van der Waals surface area contributed by atoms with Gasteiger partial charge in [0.1, 0.15) is 11.8 Å². The summed E-state index contributed by atoms with van der Waals surface area (Å²) in [5.74, 6) is 0.0286. The normalized spacial score (nSPS) is 13.4. The van der Waals surface area contributed by atoms with Crippen molar-refractivity contribution in [2.24, 2.45) is 0 Å². The van der Waals surface area contributed by atoms with Crippen LogP contribution in [0.3, 0.4) is 0 Å². The summed E-state index contributed by atoms with van der Waals surface area (Å²) >= 11 is 0. The van der Waals surface area contributed by atoms with Crippen LogP contribution in [-0.2, 0) is 14.8 Å². The van der Waals surface area contributed by atoms with Gasteiger partial charge < -0.3 is 10.1 Å². The molecule has 0 unspecified atom stereocenters. The maximum absolute atomic E-state index is 13.1. The van der Waals surface area contributed by atoms with E-state index in [9.17, 15) is 13.2 Å². The maximum Gasteiger partial charge on any atom is 0.244 e. The van der Waals surface area contributed by atoms with Crippen molar-refractivity contribution in [2.45, 2.75) is 53.1 Å². The number of methoxy groups -OCH3 is 1. The Labute approximate surface area is 180 Å². The molecule has 7 heteroatoms. The van der Waals surface area contributed by atoms with E-state index in [0.29, 0.717) is 17.9 Å². The van der Waals surface area contributed by atoms with Gasteiger partial charge in [-0.3, -0.25) is 9.10 Å². The van der Waals surface area contributed by atoms with Gasteiger partial charge in [-0.1, -0.05) is 31.2 Å². The monoisotopic (exact) mass is 432 g/mol. The predicted molar refractivity (Wildman–Crippen MR) is 122 cm³/mol. The highest BCUT2D eigenvalue weighted by atomic mass is 32.2. The van der Waals surface area contributed by atoms with E-state index in [-0.39, 0.29) is 11.9 Å². The average molecular weight is 433 g/mol. The third-order valence-electron chi connectivity index (χ3n) is 5.32. The molecule has 0 aliphatic heterocycles. The summed E-state index contributed by atoms with van der Waals surface area (Å²) < 4.78 is 31.8. The van der Waals surface area contributed by atoms with Crippen molar-refractivity contribution in [3.63, 3.8) is 0 Å². The molecule has 1 amide bonds. The smallest absolute Gasteiger partial charge is 0.244 e. The zero-order valence-corrected chi connectivity index (χ0v) is 19.6. The Kier molecular flexibility index (Phi) is 7.53. The summed E-state index contributed by atoms with van der Waals surface area (Å²) in [6.07, 6.45) is 1.78. The number of ether oxygens (including phenoxy) is 1. The Hall–Kier alpha value is -2.54. The lowest BCUT2D eigenvalue weighted by Crippen LogP contribution is -2.48. The highest BCUT2D eigenvalue weighted by Gasteiger charge is 2.32. The summed E-state index contributed by atoms with van der Waals surface area (Å²) in [5.41, 5.74) is 4.55. The Morgan fingerprint density at radius 3 is 2.30 bits per heavy atom. The van der Waals surface area contributed by atoms with E-state index in [0.717, 1.165) is 27.3 Å². The number of benzene rings is 2. The van der Waals surface area contributed by atoms with Crippen LogP contribution in [0.2, 0.25) is 0 Å². The number of nitrogens with one attached hydrogen (secondary N) is 1. The zero-order chi connectivity index (χ0) is 22.6. The molecular formula is C23H32N2O4S. The van der Waals surface area contributed by atoms with Crippen molar-refractivity contribution in [2.75, 3.05) is 17.7 Å². The number of aryl methyl sites for hydroxylation is 3. The SMILES string of the molecule is CC[C@H](NC(=O)[C@@H](C)N(c1cc(C)ccc1OC)S(C)(=O)=O)c1ccc(C)c(C)c1. The van der Waals surface area contributed by atoms with E-state index in [1.807, 2.05) is 45.9 Å². The van der Waals surface area contributed by atoms with E-state index in [1.165, 1.54) is 12.7 Å². The molecule has 0 saturated carbocycles. The largest absolute Gasteiger partial charge is 0.495 e. The molecule has 0 aliphatic carbocycles. The standard InChI is InChI=1S/C23H32N2O4S/c1-8-20(19-11-10-16(3)17(4)14-19)24-23(26)18(5)25(30(7,27)28)21-13-15(2)9-12-22(21)29-6/h9-14,18,20H,8H2,1-7H3,(H,24,26)/t18-,20+/m1/s1. The van der Waals surface area contributed by atoms with Crippen LogP contribution in [0.1, 0.15) is 48.6 Å². The van der Waals surface area contributed by atoms with Gasteiger partial charge >= 0.3 is 0 Å². The third kappa shape index (κ3) is 5.33. The van der Waals surface area contributed by atoms with Gasteiger partial charge in [-0.25, -0.2) is 8.42 Å². The van der Waals surface area contributed by atoms with Gasteiger partial charge in [0.25, 0.3) is 0 Å². The van der Waals surface area contributed by atoms with E-state index < -0.39 is 16.1 Å². The molecule has 6 nitrogen and oxygen atoms in total. The Morgan fingerprint density at radius 1 is 1.10 bits per heavy atom. The number of anilines is 1. The molecule has 0 radical (unpaired) electrons. The van der Waals surface area contributed by atoms with Crippen molar-refractivity contribution in [3.05, 3.63) is 58.7 Å². The number of sulfonamides is 1. The first kappa shape index (κ1) is 23.7. The second-order valence-electron chi connectivity index (χ2n) is 7.72. The topological polar surface area (TPSA) is 75.7 Å².